The monoisotopic (exact) mass is 1130 g/mol. The second-order valence-corrected chi connectivity index (χ2v) is 23.8. The maximum atomic E-state index is 13.7. The topological polar surface area (TPSA) is 232 Å². The van der Waals surface area contributed by atoms with Crippen molar-refractivity contribution >= 4 is 74.0 Å². The highest BCUT2D eigenvalue weighted by atomic mass is 32.2. The van der Waals surface area contributed by atoms with Crippen LogP contribution in [0.3, 0.4) is 0 Å². The Hall–Kier alpha value is -8.57. The summed E-state index contributed by atoms with van der Waals surface area (Å²) >= 11 is 0. The van der Waals surface area contributed by atoms with Gasteiger partial charge >= 0.3 is 24.0 Å². The van der Waals surface area contributed by atoms with Crippen molar-refractivity contribution in [2.24, 2.45) is 0 Å². The normalized spacial score (nSPS) is 13.5. The summed E-state index contributed by atoms with van der Waals surface area (Å²) in [6.45, 7) is 7.02. The van der Waals surface area contributed by atoms with Crippen molar-refractivity contribution in [3.63, 3.8) is 0 Å². The van der Waals surface area contributed by atoms with Crippen molar-refractivity contribution in [3.8, 4) is 0 Å². The van der Waals surface area contributed by atoms with Crippen molar-refractivity contribution in [2.45, 2.75) is 121 Å². The lowest BCUT2D eigenvalue weighted by molar-refractivity contribution is -0.137. The second kappa shape index (κ2) is 28.7. The van der Waals surface area contributed by atoms with E-state index in [2.05, 4.69) is 66.3 Å². The Labute approximate surface area is 481 Å². The number of rotatable bonds is 19. The molecule has 16 nitrogen and oxygen atoms in total. The number of allylic oxidation sites excluding steroid dienone is 2. The molecule has 6 N–H and O–H groups in total. The predicted molar refractivity (Wildman–Crippen MR) is 322 cm³/mol. The summed E-state index contributed by atoms with van der Waals surface area (Å²) in [4.78, 5) is 76.8. The Kier molecular flexibility index (Phi) is 21.4. The molecule has 0 spiro atoms. The molecule has 0 bridgehead atoms. The smallest absolute Gasteiger partial charge is 0.326 e. The van der Waals surface area contributed by atoms with Gasteiger partial charge in [-0.25, -0.2) is 18.0 Å². The molecule has 0 heterocycles. The van der Waals surface area contributed by atoms with E-state index in [0.717, 1.165) is 59.1 Å². The van der Waals surface area contributed by atoms with Crippen LogP contribution < -0.4 is 31.1 Å². The summed E-state index contributed by atoms with van der Waals surface area (Å²) in [6.07, 6.45) is 13.8. The number of nitrogens with one attached hydrogen (secondary N) is 4. The van der Waals surface area contributed by atoms with E-state index < -0.39 is 27.8 Å². The average molecular weight is 1130 g/mol. The Morgan fingerprint density at radius 2 is 1.06 bits per heavy atom. The van der Waals surface area contributed by atoms with Crippen molar-refractivity contribution in [3.05, 3.63) is 191 Å². The van der Waals surface area contributed by atoms with Gasteiger partial charge < -0.3 is 31.5 Å². The van der Waals surface area contributed by atoms with E-state index in [1.54, 1.807) is 58.3 Å². The number of hydrogen-bond donors (Lipinski definition) is 6. The van der Waals surface area contributed by atoms with E-state index in [4.69, 9.17) is 10.2 Å². The fourth-order valence-corrected chi connectivity index (χ4v) is 10.5. The molecule has 17 heteroatoms. The first-order chi connectivity index (χ1) is 39.2. The highest BCUT2D eigenvalue weighted by Crippen LogP contribution is 2.35. The highest BCUT2D eigenvalue weighted by molar-refractivity contribution is 7.90. The maximum absolute atomic E-state index is 13.7. The van der Waals surface area contributed by atoms with Gasteiger partial charge in [-0.15, -0.1) is 0 Å². The van der Waals surface area contributed by atoms with Gasteiger partial charge in [-0.2, -0.15) is 0 Å². The number of nitrogens with zero attached hydrogens (tertiary/aromatic N) is 2. The van der Waals surface area contributed by atoms with Crippen molar-refractivity contribution in [2.75, 3.05) is 39.8 Å². The molecule has 0 aromatic heterocycles. The third-order valence-electron chi connectivity index (χ3n) is 14.5. The minimum atomic E-state index is -3.45. The second-order valence-electron chi connectivity index (χ2n) is 21.8. The number of urea groups is 2. The van der Waals surface area contributed by atoms with Gasteiger partial charge in [-0.3, -0.25) is 29.0 Å². The Morgan fingerprint density at radius 1 is 0.573 bits per heavy atom. The van der Waals surface area contributed by atoms with Gasteiger partial charge in [0.05, 0.1) is 30.8 Å². The average Bonchev–Trinajstić information content (AvgIpc) is 3.61. The number of aliphatic carboxylic acids is 2. The van der Waals surface area contributed by atoms with Gasteiger partial charge in [0.2, 0.25) is 0 Å². The van der Waals surface area contributed by atoms with Crippen LogP contribution in [0.25, 0.3) is 5.57 Å². The number of sulfone groups is 1. The lowest BCUT2D eigenvalue weighted by atomic mass is 9.84. The zero-order valence-electron chi connectivity index (χ0n) is 47.1. The fraction of sp³-hybridized carbons (Fsp3) is 0.323. The summed E-state index contributed by atoms with van der Waals surface area (Å²) < 4.78 is 24.0. The van der Waals surface area contributed by atoms with Crippen LogP contribution in [0.15, 0.2) is 157 Å². The first-order valence-electron chi connectivity index (χ1n) is 27.8. The van der Waals surface area contributed by atoms with Gasteiger partial charge in [0.1, 0.15) is 0 Å². The van der Waals surface area contributed by atoms with Crippen LogP contribution in [0, 0.1) is 0 Å². The molecule has 2 aliphatic rings. The summed E-state index contributed by atoms with van der Waals surface area (Å²) in [5.41, 5.74) is 9.79. The number of benzene rings is 6. The molecular formula is C65H74N6O10S. The molecule has 0 aliphatic heterocycles. The van der Waals surface area contributed by atoms with E-state index in [-0.39, 0.29) is 60.6 Å². The van der Waals surface area contributed by atoms with E-state index >= 15 is 0 Å². The minimum Gasteiger partial charge on any atom is -0.481 e. The summed E-state index contributed by atoms with van der Waals surface area (Å²) in [5, 5.41) is 28.6. The molecule has 2 aliphatic carbocycles. The molecule has 8 rings (SSSR count). The van der Waals surface area contributed by atoms with Crippen LogP contribution in [0.5, 0.6) is 0 Å². The van der Waals surface area contributed by atoms with Crippen LogP contribution >= 0.6 is 0 Å². The van der Waals surface area contributed by atoms with Gasteiger partial charge in [0.25, 0.3) is 11.8 Å². The van der Waals surface area contributed by atoms with E-state index in [1.807, 2.05) is 66.7 Å². The number of carbonyl (C=O) groups excluding carboxylic acids is 4. The molecule has 1 saturated carbocycles. The lowest BCUT2D eigenvalue weighted by Gasteiger charge is -2.26. The van der Waals surface area contributed by atoms with Crippen LogP contribution in [0.4, 0.5) is 32.3 Å². The van der Waals surface area contributed by atoms with Crippen molar-refractivity contribution in [1.82, 2.24) is 10.6 Å². The number of hydrogen-bond acceptors (Lipinski definition) is 8. The number of carboxylic acid groups (broad SMARTS) is 2. The molecule has 6 amide bonds. The molecular weight excluding hydrogens is 1060 g/mol. The molecule has 430 valence electrons. The van der Waals surface area contributed by atoms with Crippen molar-refractivity contribution in [1.29, 1.82) is 0 Å². The molecule has 0 saturated heterocycles. The standard InChI is InChI=1S/C34H41N3O4.C31H33N3O6S/c1-34(2,3)28-10-7-11-29(22-28)36-33(41)37(30-18-16-26(17-19-30)25-8-5-4-6-9-25)23-24-12-14-27(15-13-24)32(40)35-21-20-31(38)39;1-41(39,40)28-9-5-8-26(20-28)33-31(38)34(27-16-14-24(15-17-27)23-6-3-2-4-7-23)21-22-10-12-25(13-11-22)30(37)32-19-18-29(35)36/h7,10-19,22,25H,4-6,8-9,20-21,23H2,1-3H3,(H,35,40)(H,36,41)(H,38,39);5-6,8-17,20H,2-4,7,18-19,21H2,1H3,(H,32,37)(H,33,38)(H,35,36). The maximum Gasteiger partial charge on any atom is 0.326 e. The molecule has 1 fully saturated rings. The predicted octanol–water partition coefficient (Wildman–Crippen LogP) is 13.0. The Morgan fingerprint density at radius 3 is 1.52 bits per heavy atom. The van der Waals surface area contributed by atoms with Crippen LogP contribution in [-0.2, 0) is 37.9 Å². The van der Waals surface area contributed by atoms with Crippen LogP contribution in [-0.4, -0.2) is 73.8 Å². The number of amides is 6. The molecule has 82 heavy (non-hydrogen) atoms. The third-order valence-corrected chi connectivity index (χ3v) is 15.6. The summed E-state index contributed by atoms with van der Waals surface area (Å²) in [7, 11) is -3.45. The Balaban J connectivity index is 0.000000236. The molecule has 0 unspecified atom stereocenters. The number of carboxylic acids is 2. The van der Waals surface area contributed by atoms with Crippen LogP contribution in [0.2, 0.25) is 0 Å². The summed E-state index contributed by atoms with van der Waals surface area (Å²) in [5.74, 6) is -2.09. The van der Waals surface area contributed by atoms with E-state index in [0.29, 0.717) is 35.0 Å². The quantitative estimate of drug-likeness (QED) is 0.0449. The molecule has 0 radical (unpaired) electrons. The number of carbonyl (C=O) groups is 6. The number of anilines is 4. The van der Waals surface area contributed by atoms with Gasteiger partial charge in [-0.1, -0.05) is 113 Å². The lowest BCUT2D eigenvalue weighted by Crippen LogP contribution is -2.34. The van der Waals surface area contributed by atoms with E-state index in [1.165, 1.54) is 61.8 Å². The van der Waals surface area contributed by atoms with Crippen molar-refractivity contribution < 1.29 is 47.4 Å². The molecule has 6 aromatic carbocycles. The zero-order chi connectivity index (χ0) is 58.8. The molecule has 0 atom stereocenters. The van der Waals surface area contributed by atoms with E-state index in [9.17, 15) is 37.2 Å². The van der Waals surface area contributed by atoms with Gasteiger partial charge in [-0.05, 0) is 162 Å². The molecule has 6 aromatic rings. The third kappa shape index (κ3) is 18.2. The first kappa shape index (κ1) is 61.1. The highest BCUT2D eigenvalue weighted by Gasteiger charge is 2.23. The fourth-order valence-electron chi connectivity index (χ4n) is 9.79. The summed E-state index contributed by atoms with van der Waals surface area (Å²) in [6, 6.07) is 43.2. The van der Waals surface area contributed by atoms with Gasteiger partial charge in [0, 0.05) is 53.2 Å². The van der Waals surface area contributed by atoms with Crippen LogP contribution in [0.1, 0.15) is 146 Å². The Bertz CT molecular complexity index is 3330. The van der Waals surface area contributed by atoms with Gasteiger partial charge in [0.15, 0.2) is 9.84 Å². The first-order valence-corrected chi connectivity index (χ1v) is 29.7. The minimum absolute atomic E-state index is 0.0251. The zero-order valence-corrected chi connectivity index (χ0v) is 47.9. The largest absolute Gasteiger partial charge is 0.481 e. The SMILES string of the molecule is CC(C)(C)c1cccc(NC(=O)N(Cc2ccc(C(=O)NCCC(=O)O)cc2)c2ccc(C3CCCCC3)cc2)c1.CS(=O)(=O)c1cccc(NC(=O)N(Cc2ccc(C(=O)NCCC(=O)O)cc2)c2ccc(C3=CCCCC3)cc2)c1.